The average molecular weight is 220 g/mol. The van der Waals surface area contributed by atoms with Crippen molar-refractivity contribution < 1.29 is 14.3 Å². The van der Waals surface area contributed by atoms with Crippen molar-refractivity contribution in [2.24, 2.45) is 5.92 Å². The van der Waals surface area contributed by atoms with Crippen LogP contribution in [-0.4, -0.2) is 12.1 Å². The number of hydrogen-bond donors (Lipinski definition) is 0. The molecule has 0 amide bonds. The van der Waals surface area contributed by atoms with Gasteiger partial charge in [0, 0.05) is 0 Å². The molecular formula is C13H16O3. The first-order valence-electron chi connectivity index (χ1n) is 5.64. The Balaban J connectivity index is 2.08. The molecule has 3 nitrogen and oxygen atoms in total. The van der Waals surface area contributed by atoms with Crippen LogP contribution in [0.5, 0.6) is 11.5 Å². The molecule has 3 heteroatoms. The summed E-state index contributed by atoms with van der Waals surface area (Å²) in [7, 11) is 0. The van der Waals surface area contributed by atoms with Gasteiger partial charge in [0.15, 0.2) is 11.5 Å². The summed E-state index contributed by atoms with van der Waals surface area (Å²) in [6, 6.07) is 7.28. The van der Waals surface area contributed by atoms with Crippen LogP contribution in [0, 0.1) is 5.92 Å². The highest BCUT2D eigenvalue weighted by Gasteiger charge is 2.32. The Morgan fingerprint density at radius 1 is 1.25 bits per heavy atom. The highest BCUT2D eigenvalue weighted by atomic mass is 16.6. The number of esters is 1. The van der Waals surface area contributed by atoms with Crippen LogP contribution in [0.3, 0.4) is 0 Å². The van der Waals surface area contributed by atoms with Crippen LogP contribution in [-0.2, 0) is 4.79 Å². The minimum absolute atomic E-state index is 0.0702. The summed E-state index contributed by atoms with van der Waals surface area (Å²) in [6.45, 7) is 3.89. The van der Waals surface area contributed by atoms with Gasteiger partial charge in [-0.05, 0) is 38.8 Å². The van der Waals surface area contributed by atoms with Gasteiger partial charge in [-0.15, -0.1) is 0 Å². The van der Waals surface area contributed by atoms with Gasteiger partial charge in [0.2, 0.25) is 0 Å². The van der Waals surface area contributed by atoms with Crippen molar-refractivity contribution in [3.05, 3.63) is 24.3 Å². The number of benzene rings is 1. The molecule has 0 spiro atoms. The third kappa shape index (κ3) is 2.75. The van der Waals surface area contributed by atoms with E-state index >= 15 is 0 Å². The fraction of sp³-hybridized carbons (Fsp3) is 0.462. The van der Waals surface area contributed by atoms with E-state index in [-0.39, 0.29) is 18.0 Å². The van der Waals surface area contributed by atoms with Gasteiger partial charge in [-0.3, -0.25) is 4.79 Å². The van der Waals surface area contributed by atoms with Crippen molar-refractivity contribution in [2.75, 3.05) is 0 Å². The van der Waals surface area contributed by atoms with Crippen LogP contribution in [0.1, 0.15) is 26.7 Å². The predicted molar refractivity (Wildman–Crippen MR) is 60.6 cm³/mol. The summed E-state index contributed by atoms with van der Waals surface area (Å²) >= 11 is 0. The predicted octanol–water partition coefficient (Wildman–Crippen LogP) is 2.79. The molecule has 2 rings (SSSR count). The normalized spacial score (nSPS) is 14.9. The van der Waals surface area contributed by atoms with Crippen LogP contribution in [0.4, 0.5) is 0 Å². The number of hydrogen-bond acceptors (Lipinski definition) is 3. The third-order valence-electron chi connectivity index (χ3n) is 2.33. The molecule has 0 bridgehead atoms. The van der Waals surface area contributed by atoms with E-state index < -0.39 is 0 Å². The molecule has 1 fully saturated rings. The Labute approximate surface area is 95.4 Å². The zero-order valence-electron chi connectivity index (χ0n) is 9.60. The summed E-state index contributed by atoms with van der Waals surface area (Å²) in [5.74, 6) is 1.12. The molecule has 0 aliphatic heterocycles. The van der Waals surface area contributed by atoms with E-state index in [1.807, 2.05) is 32.0 Å². The molecule has 1 saturated carbocycles. The number of ether oxygens (including phenoxy) is 2. The van der Waals surface area contributed by atoms with Crippen molar-refractivity contribution in [1.82, 2.24) is 0 Å². The lowest BCUT2D eigenvalue weighted by Gasteiger charge is -2.13. The first kappa shape index (κ1) is 11.0. The fourth-order valence-corrected chi connectivity index (χ4v) is 1.40. The number of para-hydroxylation sites is 2. The third-order valence-corrected chi connectivity index (χ3v) is 2.33. The van der Waals surface area contributed by atoms with Gasteiger partial charge in [-0.1, -0.05) is 12.1 Å². The minimum atomic E-state index is -0.139. The van der Waals surface area contributed by atoms with Crippen LogP contribution in [0.15, 0.2) is 24.3 Å². The summed E-state index contributed by atoms with van der Waals surface area (Å²) in [4.78, 5) is 11.5. The molecule has 1 aliphatic rings. The first-order chi connectivity index (χ1) is 7.66. The van der Waals surface area contributed by atoms with Crippen molar-refractivity contribution in [1.29, 1.82) is 0 Å². The number of carbonyl (C=O) groups is 1. The van der Waals surface area contributed by atoms with E-state index in [9.17, 15) is 4.79 Å². The van der Waals surface area contributed by atoms with Gasteiger partial charge in [0.1, 0.15) is 0 Å². The van der Waals surface area contributed by atoms with E-state index in [1.165, 1.54) is 0 Å². The van der Waals surface area contributed by atoms with E-state index in [2.05, 4.69) is 0 Å². The number of carbonyl (C=O) groups excluding carboxylic acids is 1. The molecule has 1 aromatic carbocycles. The summed E-state index contributed by atoms with van der Waals surface area (Å²) in [5, 5.41) is 0. The molecule has 0 unspecified atom stereocenters. The van der Waals surface area contributed by atoms with Gasteiger partial charge in [-0.25, -0.2) is 0 Å². The quantitative estimate of drug-likeness (QED) is 0.578. The van der Waals surface area contributed by atoms with Crippen molar-refractivity contribution in [3.8, 4) is 11.5 Å². The molecule has 0 radical (unpaired) electrons. The van der Waals surface area contributed by atoms with E-state index in [1.54, 1.807) is 6.07 Å². The maximum Gasteiger partial charge on any atom is 0.314 e. The fourth-order valence-electron chi connectivity index (χ4n) is 1.40. The molecule has 0 atom stereocenters. The summed E-state index contributed by atoms with van der Waals surface area (Å²) < 4.78 is 10.9. The zero-order valence-corrected chi connectivity index (χ0v) is 9.60. The van der Waals surface area contributed by atoms with Gasteiger partial charge >= 0.3 is 5.97 Å². The van der Waals surface area contributed by atoms with Gasteiger partial charge in [0.25, 0.3) is 0 Å². The van der Waals surface area contributed by atoms with Crippen molar-refractivity contribution >= 4 is 5.97 Å². The molecule has 1 aliphatic carbocycles. The van der Waals surface area contributed by atoms with Crippen molar-refractivity contribution in [2.45, 2.75) is 32.8 Å². The topological polar surface area (TPSA) is 35.5 Å². The maximum absolute atomic E-state index is 11.5. The van der Waals surface area contributed by atoms with E-state index in [0.717, 1.165) is 12.8 Å². The Kier molecular flexibility index (Phi) is 3.13. The Morgan fingerprint density at radius 3 is 2.44 bits per heavy atom. The molecule has 16 heavy (non-hydrogen) atoms. The van der Waals surface area contributed by atoms with Crippen molar-refractivity contribution in [3.63, 3.8) is 0 Å². The van der Waals surface area contributed by atoms with E-state index in [4.69, 9.17) is 9.47 Å². The Morgan fingerprint density at radius 2 is 1.88 bits per heavy atom. The standard InChI is InChI=1S/C13H16O3/c1-9(2)15-11-5-3-4-6-12(11)16-13(14)10-7-8-10/h3-6,9-10H,7-8H2,1-2H3. The monoisotopic (exact) mass is 220 g/mol. The van der Waals surface area contributed by atoms with Gasteiger partial charge in [-0.2, -0.15) is 0 Å². The van der Waals surface area contributed by atoms with Gasteiger partial charge in [0.05, 0.1) is 12.0 Å². The molecule has 0 aromatic heterocycles. The molecule has 0 saturated heterocycles. The number of rotatable bonds is 4. The summed E-state index contributed by atoms with van der Waals surface area (Å²) in [5.41, 5.74) is 0. The summed E-state index contributed by atoms with van der Waals surface area (Å²) in [6.07, 6.45) is 1.97. The maximum atomic E-state index is 11.5. The highest BCUT2D eigenvalue weighted by molar-refractivity contribution is 5.78. The van der Waals surface area contributed by atoms with Crippen LogP contribution < -0.4 is 9.47 Å². The lowest BCUT2D eigenvalue weighted by molar-refractivity contribution is -0.135. The second-order valence-electron chi connectivity index (χ2n) is 4.31. The zero-order chi connectivity index (χ0) is 11.5. The average Bonchev–Trinajstić information content (AvgIpc) is 3.03. The SMILES string of the molecule is CC(C)Oc1ccccc1OC(=O)C1CC1. The van der Waals surface area contributed by atoms with E-state index in [0.29, 0.717) is 11.5 Å². The lowest BCUT2D eigenvalue weighted by atomic mass is 10.3. The smallest absolute Gasteiger partial charge is 0.314 e. The molecule has 86 valence electrons. The van der Waals surface area contributed by atoms with Gasteiger partial charge < -0.3 is 9.47 Å². The van der Waals surface area contributed by atoms with Crippen LogP contribution >= 0.6 is 0 Å². The molecule has 1 aromatic rings. The second-order valence-corrected chi connectivity index (χ2v) is 4.31. The molecule has 0 heterocycles. The van der Waals surface area contributed by atoms with Crippen LogP contribution in [0.25, 0.3) is 0 Å². The van der Waals surface area contributed by atoms with Crippen LogP contribution in [0.2, 0.25) is 0 Å². The largest absolute Gasteiger partial charge is 0.487 e. The molecular weight excluding hydrogens is 204 g/mol. The molecule has 0 N–H and O–H groups in total. The minimum Gasteiger partial charge on any atom is -0.487 e. The lowest BCUT2D eigenvalue weighted by Crippen LogP contribution is -2.12. The second kappa shape index (κ2) is 4.56. The first-order valence-corrected chi connectivity index (χ1v) is 5.64. The Bertz CT molecular complexity index is 381. The Hall–Kier alpha value is -1.51. The highest BCUT2D eigenvalue weighted by Crippen LogP contribution is 2.33.